The lowest BCUT2D eigenvalue weighted by atomic mass is 10.0. The monoisotopic (exact) mass is 401 g/mol. The van der Waals surface area contributed by atoms with Crippen molar-refractivity contribution in [2.24, 2.45) is 0 Å². The van der Waals surface area contributed by atoms with E-state index in [4.69, 9.17) is 0 Å². The van der Waals surface area contributed by atoms with Gasteiger partial charge in [0.05, 0.1) is 22.8 Å². The van der Waals surface area contributed by atoms with Crippen molar-refractivity contribution < 1.29 is 24.3 Å². The normalized spacial score (nSPS) is 13.0. The minimum absolute atomic E-state index is 0.0632. The summed E-state index contributed by atoms with van der Waals surface area (Å²) < 4.78 is 0.523. The molecule has 7 nitrogen and oxygen atoms in total. The van der Waals surface area contributed by atoms with Gasteiger partial charge in [0.15, 0.2) is 0 Å². The number of imide groups is 1. The zero-order chi connectivity index (χ0) is 18.3. The molecule has 0 spiro atoms. The van der Waals surface area contributed by atoms with Gasteiger partial charge in [-0.15, -0.1) is 0 Å². The third-order valence-electron chi connectivity index (χ3n) is 3.80. The Morgan fingerprint density at radius 2 is 1.72 bits per heavy atom. The summed E-state index contributed by atoms with van der Waals surface area (Å²) in [6.45, 7) is 0. The predicted molar refractivity (Wildman–Crippen MR) is 89.3 cm³/mol. The average Bonchev–Trinajstić information content (AvgIpc) is 2.80. The number of hydrogen-bond acceptors (Lipinski definition) is 5. The number of amides is 3. The lowest BCUT2D eigenvalue weighted by Crippen LogP contribution is -2.25. The highest BCUT2D eigenvalue weighted by molar-refractivity contribution is 9.10. The van der Waals surface area contributed by atoms with Crippen LogP contribution in [0.5, 0.6) is 0 Å². The van der Waals surface area contributed by atoms with Gasteiger partial charge in [0.25, 0.3) is 17.7 Å². The summed E-state index contributed by atoms with van der Waals surface area (Å²) in [6.07, 6.45) is 0. The smallest absolute Gasteiger partial charge is 0.261 e. The molecule has 2 aromatic rings. The Bertz CT molecular complexity index is 954. The molecule has 126 valence electrons. The zero-order valence-corrected chi connectivity index (χ0v) is 14.4. The minimum Gasteiger partial charge on any atom is -0.545 e. The van der Waals surface area contributed by atoms with Crippen LogP contribution in [0.1, 0.15) is 41.4 Å². The first kappa shape index (κ1) is 16.8. The fourth-order valence-corrected chi connectivity index (χ4v) is 2.85. The first-order chi connectivity index (χ1) is 11.8. The zero-order valence-electron chi connectivity index (χ0n) is 12.8. The van der Waals surface area contributed by atoms with Gasteiger partial charge >= 0.3 is 0 Å². The van der Waals surface area contributed by atoms with Gasteiger partial charge in [-0.05, 0) is 36.4 Å². The van der Waals surface area contributed by atoms with E-state index in [0.29, 0.717) is 4.47 Å². The lowest BCUT2D eigenvalue weighted by Gasteiger charge is -2.12. The summed E-state index contributed by atoms with van der Waals surface area (Å²) >= 11 is 3.15. The molecule has 1 aliphatic heterocycles. The highest BCUT2D eigenvalue weighted by Gasteiger charge is 2.33. The maximum absolute atomic E-state index is 12.4. The number of carbonyl (C=O) groups excluding carboxylic acids is 4. The van der Waals surface area contributed by atoms with Crippen molar-refractivity contribution in [1.29, 1.82) is 0 Å². The molecule has 1 aliphatic rings. The number of hydrogen-bond donors (Lipinski definition) is 1. The molecule has 0 saturated heterocycles. The fraction of sp³-hybridized carbons (Fsp3) is 0.0588. The van der Waals surface area contributed by atoms with E-state index in [2.05, 4.69) is 21.2 Å². The Kier molecular flexibility index (Phi) is 4.13. The summed E-state index contributed by atoms with van der Waals surface area (Å²) in [5.41, 5.74) is 0.365. The first-order valence-electron chi connectivity index (χ1n) is 7.08. The van der Waals surface area contributed by atoms with Crippen LogP contribution < -0.4 is 10.4 Å². The average molecular weight is 402 g/mol. The third kappa shape index (κ3) is 2.91. The minimum atomic E-state index is -1.44. The largest absolute Gasteiger partial charge is 0.545 e. The molecule has 0 bridgehead atoms. The molecular formula is C17H10BrN2O5-. The van der Waals surface area contributed by atoms with E-state index >= 15 is 0 Å². The molecule has 25 heavy (non-hydrogen) atoms. The second kappa shape index (κ2) is 6.14. The van der Waals surface area contributed by atoms with Crippen LogP contribution in [0.2, 0.25) is 0 Å². The lowest BCUT2D eigenvalue weighted by molar-refractivity contribution is -0.254. The fourth-order valence-electron chi connectivity index (χ4n) is 2.49. The van der Waals surface area contributed by atoms with Crippen LogP contribution in [0.4, 0.5) is 5.69 Å². The van der Waals surface area contributed by atoms with Crippen molar-refractivity contribution in [3.8, 4) is 0 Å². The Morgan fingerprint density at radius 1 is 1.04 bits per heavy atom. The topological polar surface area (TPSA) is 107 Å². The maximum atomic E-state index is 12.4. The number of carbonyl (C=O) groups is 4. The highest BCUT2D eigenvalue weighted by atomic mass is 79.9. The van der Waals surface area contributed by atoms with Crippen LogP contribution >= 0.6 is 15.9 Å². The number of rotatable bonds is 3. The molecule has 3 rings (SSSR count). The second-order valence-electron chi connectivity index (χ2n) is 5.36. The van der Waals surface area contributed by atoms with Crippen molar-refractivity contribution in [1.82, 2.24) is 4.90 Å². The predicted octanol–water partition coefficient (Wildman–Crippen LogP) is 1.29. The standard InChI is InChI=1S/C17H11BrN2O5/c1-20-15(22)10-4-2-8(6-11(10)16(20)23)14(21)19-13-5-3-9(18)7-12(13)17(24)25/h2-7H,1H3,(H,19,21)(H,24,25)/p-1. The van der Waals surface area contributed by atoms with Gasteiger partial charge < -0.3 is 15.2 Å². The van der Waals surface area contributed by atoms with Gasteiger partial charge in [-0.25, -0.2) is 0 Å². The van der Waals surface area contributed by atoms with Crippen molar-refractivity contribution in [3.63, 3.8) is 0 Å². The molecule has 0 aliphatic carbocycles. The number of nitrogens with zero attached hydrogens (tertiary/aromatic N) is 1. The number of carboxylic acids is 1. The van der Waals surface area contributed by atoms with Crippen LogP contribution in [-0.4, -0.2) is 35.6 Å². The number of fused-ring (bicyclic) bond motifs is 1. The number of carboxylic acid groups (broad SMARTS) is 1. The Balaban J connectivity index is 1.93. The summed E-state index contributed by atoms with van der Waals surface area (Å²) in [6, 6.07) is 8.41. The van der Waals surface area contributed by atoms with E-state index in [9.17, 15) is 24.3 Å². The highest BCUT2D eigenvalue weighted by Crippen LogP contribution is 2.24. The molecule has 2 aromatic carbocycles. The molecule has 3 amide bonds. The molecule has 0 atom stereocenters. The van der Waals surface area contributed by atoms with Crippen LogP contribution in [0.15, 0.2) is 40.9 Å². The molecule has 0 aromatic heterocycles. The second-order valence-corrected chi connectivity index (χ2v) is 6.28. The summed E-state index contributed by atoms with van der Waals surface area (Å²) in [4.78, 5) is 48.4. The number of benzene rings is 2. The van der Waals surface area contributed by atoms with Gasteiger partial charge in [0.2, 0.25) is 0 Å². The molecule has 0 saturated carbocycles. The van der Waals surface area contributed by atoms with Gasteiger partial charge in [-0.3, -0.25) is 19.3 Å². The van der Waals surface area contributed by atoms with Crippen molar-refractivity contribution in [2.45, 2.75) is 0 Å². The van der Waals surface area contributed by atoms with Gasteiger partial charge in [-0.2, -0.15) is 0 Å². The van der Waals surface area contributed by atoms with Crippen LogP contribution in [0, 0.1) is 0 Å². The quantitative estimate of drug-likeness (QED) is 0.779. The van der Waals surface area contributed by atoms with Crippen LogP contribution in [0.25, 0.3) is 0 Å². The molecule has 1 heterocycles. The Hall–Kier alpha value is -3.00. The van der Waals surface area contributed by atoms with Crippen molar-refractivity contribution in [3.05, 3.63) is 63.1 Å². The summed E-state index contributed by atoms with van der Waals surface area (Å²) in [7, 11) is 1.36. The summed E-state index contributed by atoms with van der Waals surface area (Å²) in [5, 5.41) is 13.7. The van der Waals surface area contributed by atoms with E-state index in [1.165, 1.54) is 37.4 Å². The van der Waals surface area contributed by atoms with E-state index in [1.54, 1.807) is 6.07 Å². The van der Waals surface area contributed by atoms with Gasteiger partial charge in [-0.1, -0.05) is 15.9 Å². The maximum Gasteiger partial charge on any atom is 0.261 e. The molecule has 0 unspecified atom stereocenters. The molecule has 0 radical (unpaired) electrons. The van der Waals surface area contributed by atoms with Crippen LogP contribution in [-0.2, 0) is 0 Å². The molecular weight excluding hydrogens is 392 g/mol. The number of anilines is 1. The van der Waals surface area contributed by atoms with E-state index in [1.807, 2.05) is 0 Å². The van der Waals surface area contributed by atoms with Crippen LogP contribution in [0.3, 0.4) is 0 Å². The van der Waals surface area contributed by atoms with E-state index in [-0.39, 0.29) is 27.9 Å². The SMILES string of the molecule is CN1C(=O)c2ccc(C(=O)Nc3ccc(Br)cc3C(=O)[O-])cc2C1=O. The van der Waals surface area contributed by atoms with Crippen molar-refractivity contribution >= 4 is 45.3 Å². The molecule has 1 N–H and O–H groups in total. The third-order valence-corrected chi connectivity index (χ3v) is 4.29. The van der Waals surface area contributed by atoms with Gasteiger partial charge in [0.1, 0.15) is 0 Å². The molecule has 0 fully saturated rings. The van der Waals surface area contributed by atoms with E-state index in [0.717, 1.165) is 4.90 Å². The number of nitrogens with one attached hydrogen (secondary N) is 1. The first-order valence-corrected chi connectivity index (χ1v) is 7.87. The number of aromatic carboxylic acids is 1. The summed E-state index contributed by atoms with van der Waals surface area (Å²) in [5.74, 6) is -2.97. The van der Waals surface area contributed by atoms with Crippen molar-refractivity contribution in [2.75, 3.05) is 12.4 Å². The van der Waals surface area contributed by atoms with E-state index < -0.39 is 23.7 Å². The molecule has 8 heteroatoms. The Labute approximate surface area is 150 Å². The van der Waals surface area contributed by atoms with Gasteiger partial charge in [0, 0.05) is 22.6 Å². The Morgan fingerprint density at radius 3 is 2.40 bits per heavy atom. The number of halogens is 1.